The Bertz CT molecular complexity index is 315. The first kappa shape index (κ1) is 13.0. The van der Waals surface area contributed by atoms with Gasteiger partial charge in [0.05, 0.1) is 12.7 Å². The second-order valence-corrected chi connectivity index (χ2v) is 4.01. The summed E-state index contributed by atoms with van der Waals surface area (Å²) in [7, 11) is 3.43. The maximum atomic E-state index is 5.27. The van der Waals surface area contributed by atoms with Gasteiger partial charge < -0.3 is 14.8 Å². The Morgan fingerprint density at radius 2 is 2.00 bits per heavy atom. The maximum absolute atomic E-state index is 5.27. The normalized spacial score (nSPS) is 14.5. The molecule has 90 valence electrons. The number of hydrogen-bond donors (Lipinski definition) is 1. The van der Waals surface area contributed by atoms with Gasteiger partial charge in [0.2, 0.25) is 0 Å². The van der Waals surface area contributed by atoms with Gasteiger partial charge in [-0.05, 0) is 31.5 Å². The number of methoxy groups -OCH3 is 2. The highest BCUT2D eigenvalue weighted by Crippen LogP contribution is 2.14. The van der Waals surface area contributed by atoms with Crippen LogP contribution in [0.5, 0.6) is 0 Å². The number of rotatable bonds is 6. The molecule has 3 nitrogen and oxygen atoms in total. The van der Waals surface area contributed by atoms with Crippen LogP contribution in [0.3, 0.4) is 0 Å². The Kier molecular flexibility index (Phi) is 5.29. The van der Waals surface area contributed by atoms with E-state index >= 15 is 0 Å². The molecular formula is C13H21NO2. The van der Waals surface area contributed by atoms with Crippen LogP contribution < -0.4 is 5.32 Å². The molecule has 1 aromatic rings. The van der Waals surface area contributed by atoms with Crippen molar-refractivity contribution >= 4 is 5.69 Å². The molecule has 2 unspecified atom stereocenters. The molecule has 0 spiro atoms. The largest absolute Gasteiger partial charge is 0.380 e. The Balaban J connectivity index is 2.62. The molecule has 0 aromatic heterocycles. The average molecular weight is 223 g/mol. The van der Waals surface area contributed by atoms with Crippen molar-refractivity contribution in [3.8, 4) is 0 Å². The SMILES string of the molecule is COCc1cccc(NC(C)C(C)OC)c1. The predicted octanol–water partition coefficient (Wildman–Crippen LogP) is 2.67. The van der Waals surface area contributed by atoms with Crippen LogP contribution in [0.4, 0.5) is 5.69 Å². The van der Waals surface area contributed by atoms with E-state index in [-0.39, 0.29) is 12.1 Å². The van der Waals surface area contributed by atoms with Crippen molar-refractivity contribution in [2.24, 2.45) is 0 Å². The first-order valence-corrected chi connectivity index (χ1v) is 5.54. The van der Waals surface area contributed by atoms with Crippen LogP contribution >= 0.6 is 0 Å². The zero-order valence-electron chi connectivity index (χ0n) is 10.5. The van der Waals surface area contributed by atoms with Gasteiger partial charge in [0.1, 0.15) is 0 Å². The highest BCUT2D eigenvalue weighted by atomic mass is 16.5. The molecule has 0 radical (unpaired) electrons. The summed E-state index contributed by atoms with van der Waals surface area (Å²) in [5.74, 6) is 0. The van der Waals surface area contributed by atoms with Gasteiger partial charge in [-0.25, -0.2) is 0 Å². The molecule has 0 bridgehead atoms. The van der Waals surface area contributed by atoms with Gasteiger partial charge in [-0.2, -0.15) is 0 Å². The van der Waals surface area contributed by atoms with Gasteiger partial charge in [-0.1, -0.05) is 12.1 Å². The van der Waals surface area contributed by atoms with Gasteiger partial charge in [0.25, 0.3) is 0 Å². The third-order valence-electron chi connectivity index (χ3n) is 2.71. The van der Waals surface area contributed by atoms with Crippen molar-refractivity contribution in [2.45, 2.75) is 32.6 Å². The fraction of sp³-hybridized carbons (Fsp3) is 0.538. The Hall–Kier alpha value is -1.06. The van der Waals surface area contributed by atoms with Gasteiger partial charge in [0.15, 0.2) is 0 Å². The minimum atomic E-state index is 0.186. The van der Waals surface area contributed by atoms with E-state index < -0.39 is 0 Å². The molecular weight excluding hydrogens is 202 g/mol. The van der Waals surface area contributed by atoms with Crippen LogP contribution in [0.2, 0.25) is 0 Å². The van der Waals surface area contributed by atoms with Crippen LogP contribution in [0.15, 0.2) is 24.3 Å². The van der Waals surface area contributed by atoms with E-state index in [1.54, 1.807) is 14.2 Å². The van der Waals surface area contributed by atoms with Crippen molar-refractivity contribution in [2.75, 3.05) is 19.5 Å². The Morgan fingerprint density at radius 3 is 2.62 bits per heavy atom. The van der Waals surface area contributed by atoms with E-state index in [1.807, 2.05) is 6.07 Å². The van der Waals surface area contributed by atoms with Crippen LogP contribution in [-0.4, -0.2) is 26.4 Å². The minimum absolute atomic E-state index is 0.186. The molecule has 0 amide bonds. The average Bonchev–Trinajstić information content (AvgIpc) is 2.29. The van der Waals surface area contributed by atoms with Gasteiger partial charge in [0, 0.05) is 25.9 Å². The van der Waals surface area contributed by atoms with E-state index in [0.29, 0.717) is 6.61 Å². The minimum Gasteiger partial charge on any atom is -0.380 e. The highest BCUT2D eigenvalue weighted by Gasteiger charge is 2.10. The third-order valence-corrected chi connectivity index (χ3v) is 2.71. The summed E-state index contributed by atoms with van der Waals surface area (Å²) >= 11 is 0. The molecule has 16 heavy (non-hydrogen) atoms. The van der Waals surface area contributed by atoms with Gasteiger partial charge >= 0.3 is 0 Å². The summed E-state index contributed by atoms with van der Waals surface area (Å²) in [5, 5.41) is 3.41. The number of anilines is 1. The second-order valence-electron chi connectivity index (χ2n) is 4.01. The summed E-state index contributed by atoms with van der Waals surface area (Å²) < 4.78 is 10.4. The lowest BCUT2D eigenvalue weighted by Gasteiger charge is -2.21. The smallest absolute Gasteiger partial charge is 0.0741 e. The van der Waals surface area contributed by atoms with E-state index in [1.165, 1.54) is 5.56 Å². The van der Waals surface area contributed by atoms with Crippen LogP contribution in [-0.2, 0) is 16.1 Å². The summed E-state index contributed by atoms with van der Waals surface area (Å²) in [6, 6.07) is 8.52. The quantitative estimate of drug-likeness (QED) is 0.804. The standard InChI is InChI=1S/C13H21NO2/c1-10(11(2)16-4)14-13-7-5-6-12(8-13)9-15-3/h5-8,10-11,14H,9H2,1-4H3. The van der Waals surface area contributed by atoms with E-state index in [2.05, 4.69) is 37.4 Å². The number of nitrogens with one attached hydrogen (secondary N) is 1. The fourth-order valence-corrected chi connectivity index (χ4v) is 1.50. The van der Waals surface area contributed by atoms with E-state index in [0.717, 1.165) is 5.69 Å². The van der Waals surface area contributed by atoms with Crippen LogP contribution in [0, 0.1) is 0 Å². The van der Waals surface area contributed by atoms with Crippen LogP contribution in [0.25, 0.3) is 0 Å². The van der Waals surface area contributed by atoms with Crippen molar-refractivity contribution in [3.63, 3.8) is 0 Å². The summed E-state index contributed by atoms with van der Waals surface area (Å²) in [6.07, 6.45) is 0.186. The molecule has 0 fully saturated rings. The topological polar surface area (TPSA) is 30.5 Å². The molecule has 1 N–H and O–H groups in total. The highest BCUT2D eigenvalue weighted by molar-refractivity contribution is 5.46. The van der Waals surface area contributed by atoms with Gasteiger partial charge in [-0.15, -0.1) is 0 Å². The van der Waals surface area contributed by atoms with E-state index in [9.17, 15) is 0 Å². The lowest BCUT2D eigenvalue weighted by molar-refractivity contribution is 0.106. The predicted molar refractivity (Wildman–Crippen MR) is 66.7 cm³/mol. The first-order chi connectivity index (χ1) is 7.67. The molecule has 1 rings (SSSR count). The summed E-state index contributed by atoms with van der Waals surface area (Å²) in [4.78, 5) is 0. The Morgan fingerprint density at radius 1 is 1.25 bits per heavy atom. The van der Waals surface area contributed by atoms with Gasteiger partial charge in [-0.3, -0.25) is 0 Å². The monoisotopic (exact) mass is 223 g/mol. The summed E-state index contributed by atoms with van der Waals surface area (Å²) in [5.41, 5.74) is 2.27. The molecule has 0 aliphatic rings. The zero-order valence-corrected chi connectivity index (χ0v) is 10.5. The molecule has 0 aliphatic carbocycles. The molecule has 0 saturated carbocycles. The Labute approximate surface area is 97.8 Å². The second kappa shape index (κ2) is 6.51. The number of benzene rings is 1. The molecule has 1 aromatic carbocycles. The van der Waals surface area contributed by atoms with Crippen LogP contribution in [0.1, 0.15) is 19.4 Å². The van der Waals surface area contributed by atoms with Crippen molar-refractivity contribution < 1.29 is 9.47 Å². The first-order valence-electron chi connectivity index (χ1n) is 5.54. The van der Waals surface area contributed by atoms with Crippen molar-refractivity contribution in [1.29, 1.82) is 0 Å². The third kappa shape index (κ3) is 3.83. The fourth-order valence-electron chi connectivity index (χ4n) is 1.50. The summed E-state index contributed by atoms with van der Waals surface area (Å²) in [6.45, 7) is 4.80. The number of ether oxygens (including phenoxy) is 2. The zero-order chi connectivity index (χ0) is 12.0. The van der Waals surface area contributed by atoms with E-state index in [4.69, 9.17) is 9.47 Å². The molecule has 0 saturated heterocycles. The molecule has 0 aliphatic heterocycles. The maximum Gasteiger partial charge on any atom is 0.0741 e. The molecule has 3 heteroatoms. The number of hydrogen-bond acceptors (Lipinski definition) is 3. The molecule has 0 heterocycles. The molecule has 2 atom stereocenters. The lowest BCUT2D eigenvalue weighted by Crippen LogP contribution is -2.29. The lowest BCUT2D eigenvalue weighted by atomic mass is 10.1. The van der Waals surface area contributed by atoms with Crippen molar-refractivity contribution in [3.05, 3.63) is 29.8 Å². The van der Waals surface area contributed by atoms with Crippen molar-refractivity contribution in [1.82, 2.24) is 0 Å².